The lowest BCUT2D eigenvalue weighted by atomic mass is 10.1. The molecule has 4 N–H and O–H groups in total. The zero-order chi connectivity index (χ0) is 14.5. The number of anilines is 2. The summed E-state index contributed by atoms with van der Waals surface area (Å²) in [6.45, 7) is 10.7. The molecule has 0 radical (unpaired) electrons. The summed E-state index contributed by atoms with van der Waals surface area (Å²) in [6, 6.07) is 0. The molecule has 1 fully saturated rings. The zero-order valence-electron chi connectivity index (χ0n) is 12.7. The maximum atomic E-state index is 5.48. The van der Waals surface area contributed by atoms with E-state index in [9.17, 15) is 0 Å². The summed E-state index contributed by atoms with van der Waals surface area (Å²) in [5.41, 5.74) is 3.59. The largest absolute Gasteiger partial charge is 0.369 e. The summed E-state index contributed by atoms with van der Waals surface area (Å²) in [5, 5.41) is 3.43. The maximum absolute atomic E-state index is 5.48. The Hall–Kier alpha value is -1.40. The zero-order valence-corrected chi connectivity index (χ0v) is 12.7. The number of hydrazine groups is 1. The number of aromatic nitrogens is 2. The Morgan fingerprint density at radius 2 is 1.85 bits per heavy atom. The molecule has 0 spiro atoms. The average Bonchev–Trinajstić information content (AvgIpc) is 2.92. The molecular weight excluding hydrogens is 252 g/mol. The number of hydrogen-bond donors (Lipinski definition) is 3. The molecule has 1 saturated heterocycles. The van der Waals surface area contributed by atoms with Gasteiger partial charge in [-0.15, -0.1) is 0 Å². The van der Waals surface area contributed by atoms with Gasteiger partial charge in [-0.1, -0.05) is 6.92 Å². The SMILES string of the molecule is Cc1nc(NN)c(C)c(NCC(C)CN2CCCC2)n1. The van der Waals surface area contributed by atoms with Crippen LogP contribution in [0.25, 0.3) is 0 Å². The number of nitrogen functional groups attached to an aromatic ring is 1. The van der Waals surface area contributed by atoms with Crippen LogP contribution in [0.5, 0.6) is 0 Å². The van der Waals surface area contributed by atoms with E-state index in [1.165, 1.54) is 25.9 Å². The first-order valence-electron chi connectivity index (χ1n) is 7.38. The predicted octanol–water partition coefficient (Wildman–Crippen LogP) is 1.52. The molecule has 112 valence electrons. The van der Waals surface area contributed by atoms with Crippen LogP contribution in [-0.2, 0) is 0 Å². The Bertz CT molecular complexity index is 442. The number of nitrogens with one attached hydrogen (secondary N) is 2. The van der Waals surface area contributed by atoms with Crippen molar-refractivity contribution in [2.45, 2.75) is 33.6 Å². The fraction of sp³-hybridized carbons (Fsp3) is 0.714. The third-order valence-electron chi connectivity index (χ3n) is 3.78. The van der Waals surface area contributed by atoms with Crippen molar-refractivity contribution in [1.29, 1.82) is 0 Å². The lowest BCUT2D eigenvalue weighted by molar-refractivity contribution is 0.294. The molecule has 6 nitrogen and oxygen atoms in total. The molecule has 1 unspecified atom stereocenters. The van der Waals surface area contributed by atoms with Crippen LogP contribution in [0.3, 0.4) is 0 Å². The first kappa shape index (κ1) is 15.0. The second kappa shape index (κ2) is 6.85. The minimum atomic E-state index is 0.594. The van der Waals surface area contributed by atoms with Crippen LogP contribution >= 0.6 is 0 Å². The van der Waals surface area contributed by atoms with E-state index in [1.807, 2.05) is 13.8 Å². The second-order valence-corrected chi connectivity index (χ2v) is 5.73. The number of rotatable bonds is 6. The topological polar surface area (TPSA) is 79.1 Å². The lowest BCUT2D eigenvalue weighted by Crippen LogP contribution is -2.29. The molecule has 1 aliphatic heterocycles. The molecule has 1 aliphatic rings. The second-order valence-electron chi connectivity index (χ2n) is 5.73. The van der Waals surface area contributed by atoms with E-state index in [0.29, 0.717) is 11.7 Å². The van der Waals surface area contributed by atoms with E-state index in [4.69, 9.17) is 5.84 Å². The van der Waals surface area contributed by atoms with Crippen molar-refractivity contribution in [3.63, 3.8) is 0 Å². The maximum Gasteiger partial charge on any atom is 0.148 e. The third kappa shape index (κ3) is 3.80. The monoisotopic (exact) mass is 278 g/mol. The van der Waals surface area contributed by atoms with Crippen molar-refractivity contribution in [1.82, 2.24) is 14.9 Å². The van der Waals surface area contributed by atoms with Gasteiger partial charge >= 0.3 is 0 Å². The molecule has 0 aromatic carbocycles. The lowest BCUT2D eigenvalue weighted by Gasteiger charge is -2.21. The molecule has 1 aromatic heterocycles. The van der Waals surface area contributed by atoms with Gasteiger partial charge in [0.15, 0.2) is 0 Å². The minimum absolute atomic E-state index is 0.594. The molecule has 0 amide bonds. The Labute approximate surface area is 121 Å². The van der Waals surface area contributed by atoms with E-state index < -0.39 is 0 Å². The molecule has 0 bridgehead atoms. The molecule has 2 rings (SSSR count). The van der Waals surface area contributed by atoms with Gasteiger partial charge in [-0.3, -0.25) is 0 Å². The summed E-state index contributed by atoms with van der Waals surface area (Å²) in [5.74, 6) is 8.35. The highest BCUT2D eigenvalue weighted by atomic mass is 15.3. The first-order chi connectivity index (χ1) is 9.60. The summed E-state index contributed by atoms with van der Waals surface area (Å²) in [6.07, 6.45) is 2.69. The van der Waals surface area contributed by atoms with Crippen molar-refractivity contribution in [2.75, 3.05) is 36.9 Å². The van der Waals surface area contributed by atoms with Crippen molar-refractivity contribution >= 4 is 11.6 Å². The first-order valence-corrected chi connectivity index (χ1v) is 7.38. The van der Waals surface area contributed by atoms with E-state index in [-0.39, 0.29) is 0 Å². The Kier molecular flexibility index (Phi) is 5.14. The number of nitrogens with two attached hydrogens (primary N) is 1. The van der Waals surface area contributed by atoms with Crippen molar-refractivity contribution in [3.05, 3.63) is 11.4 Å². The fourth-order valence-corrected chi connectivity index (χ4v) is 2.68. The summed E-state index contributed by atoms with van der Waals surface area (Å²) >= 11 is 0. The molecule has 0 saturated carbocycles. The van der Waals surface area contributed by atoms with Gasteiger partial charge in [-0.2, -0.15) is 0 Å². The highest BCUT2D eigenvalue weighted by Gasteiger charge is 2.15. The molecule has 20 heavy (non-hydrogen) atoms. The highest BCUT2D eigenvalue weighted by Crippen LogP contribution is 2.19. The molecule has 1 aromatic rings. The fourth-order valence-electron chi connectivity index (χ4n) is 2.68. The number of aryl methyl sites for hydroxylation is 1. The minimum Gasteiger partial charge on any atom is -0.369 e. The smallest absolute Gasteiger partial charge is 0.148 e. The van der Waals surface area contributed by atoms with Crippen LogP contribution < -0.4 is 16.6 Å². The van der Waals surface area contributed by atoms with Crippen LogP contribution in [0, 0.1) is 19.8 Å². The Morgan fingerprint density at radius 3 is 2.50 bits per heavy atom. The van der Waals surface area contributed by atoms with Gasteiger partial charge in [0.2, 0.25) is 0 Å². The molecular formula is C14H26N6. The number of hydrogen-bond acceptors (Lipinski definition) is 6. The van der Waals surface area contributed by atoms with Gasteiger partial charge in [-0.25, -0.2) is 15.8 Å². The van der Waals surface area contributed by atoms with Gasteiger partial charge in [0.1, 0.15) is 17.5 Å². The van der Waals surface area contributed by atoms with Crippen molar-refractivity contribution in [3.8, 4) is 0 Å². The molecule has 6 heteroatoms. The van der Waals surface area contributed by atoms with E-state index in [0.717, 1.165) is 30.3 Å². The molecule has 2 heterocycles. The summed E-state index contributed by atoms with van der Waals surface area (Å²) in [4.78, 5) is 11.3. The standard InChI is InChI=1S/C14H26N6/c1-10(9-20-6-4-5-7-20)8-16-13-11(2)14(19-15)18-12(3)17-13/h10H,4-9,15H2,1-3H3,(H2,16,17,18,19). The normalized spacial score (nSPS) is 17.2. The van der Waals surface area contributed by atoms with Crippen LogP contribution in [0.15, 0.2) is 0 Å². The number of likely N-dealkylation sites (tertiary alicyclic amines) is 1. The Balaban J connectivity index is 1.91. The Morgan fingerprint density at radius 1 is 1.20 bits per heavy atom. The third-order valence-corrected chi connectivity index (χ3v) is 3.78. The molecule has 0 aliphatic carbocycles. The van der Waals surface area contributed by atoms with Crippen LogP contribution in [-0.4, -0.2) is 41.0 Å². The van der Waals surface area contributed by atoms with Gasteiger partial charge in [0.05, 0.1) is 0 Å². The highest BCUT2D eigenvalue weighted by molar-refractivity contribution is 5.56. The number of nitrogens with zero attached hydrogens (tertiary/aromatic N) is 3. The van der Waals surface area contributed by atoms with Gasteiger partial charge in [-0.05, 0) is 45.7 Å². The predicted molar refractivity (Wildman–Crippen MR) is 82.6 cm³/mol. The van der Waals surface area contributed by atoms with Crippen LogP contribution in [0.1, 0.15) is 31.2 Å². The molecule has 1 atom stereocenters. The average molecular weight is 278 g/mol. The van der Waals surface area contributed by atoms with E-state index in [1.54, 1.807) is 0 Å². The van der Waals surface area contributed by atoms with Crippen LogP contribution in [0.2, 0.25) is 0 Å². The van der Waals surface area contributed by atoms with Gasteiger partial charge in [0.25, 0.3) is 0 Å². The van der Waals surface area contributed by atoms with E-state index >= 15 is 0 Å². The van der Waals surface area contributed by atoms with Crippen molar-refractivity contribution in [2.24, 2.45) is 11.8 Å². The van der Waals surface area contributed by atoms with Gasteiger partial charge in [0, 0.05) is 18.7 Å². The summed E-state index contributed by atoms with van der Waals surface area (Å²) in [7, 11) is 0. The summed E-state index contributed by atoms with van der Waals surface area (Å²) < 4.78 is 0. The quantitative estimate of drug-likeness (QED) is 0.541. The van der Waals surface area contributed by atoms with Crippen molar-refractivity contribution < 1.29 is 0 Å². The van der Waals surface area contributed by atoms with E-state index in [2.05, 4.69) is 32.5 Å². The van der Waals surface area contributed by atoms with Crippen LogP contribution in [0.4, 0.5) is 11.6 Å². The van der Waals surface area contributed by atoms with Gasteiger partial charge < -0.3 is 15.6 Å².